The van der Waals surface area contributed by atoms with E-state index in [1.165, 1.54) is 11.4 Å². The third-order valence-corrected chi connectivity index (χ3v) is 2.87. The Balaban J connectivity index is 4.38. The monoisotopic (exact) mass is 210 g/mol. The fourth-order valence-corrected chi connectivity index (χ4v) is 1.66. The number of hydrogen-bond acceptors (Lipinski definition) is 4. The first kappa shape index (κ1) is 12.3. The molecule has 0 N–H and O–H groups in total. The fraction of sp³-hybridized carbons (Fsp3) is 0.833. The van der Waals surface area contributed by atoms with Gasteiger partial charge < -0.3 is 4.89 Å². The van der Waals surface area contributed by atoms with Crippen LogP contribution in [0.15, 0.2) is 4.40 Å². The van der Waals surface area contributed by atoms with Crippen LogP contribution in [0, 0.1) is 0 Å². The van der Waals surface area contributed by atoms with E-state index in [0.717, 1.165) is 6.40 Å². The Hall–Kier alpha value is -0.660. The summed E-state index contributed by atoms with van der Waals surface area (Å²) in [7, 11) is -2.34. The molecule has 0 amide bonds. The van der Waals surface area contributed by atoms with E-state index in [0.29, 0.717) is 13.1 Å². The summed E-state index contributed by atoms with van der Waals surface area (Å²) in [4.78, 5) is 8.36. The highest BCUT2D eigenvalue weighted by Crippen LogP contribution is 2.00. The van der Waals surface area contributed by atoms with Crippen LogP contribution >= 0.6 is 0 Å². The van der Waals surface area contributed by atoms with Crippen LogP contribution in [0.2, 0.25) is 0 Å². The molecule has 0 aromatic heterocycles. The Morgan fingerprint density at radius 1 is 1.38 bits per heavy atom. The summed E-state index contributed by atoms with van der Waals surface area (Å²) < 4.78 is 26.9. The maximum absolute atomic E-state index is 11.3. The van der Waals surface area contributed by atoms with Gasteiger partial charge in [0.15, 0.2) is 0 Å². The minimum absolute atomic E-state index is 0.378. The van der Waals surface area contributed by atoms with Crippen LogP contribution in [-0.4, -0.2) is 39.3 Å². The first-order chi connectivity index (χ1) is 6.08. The van der Waals surface area contributed by atoms with Gasteiger partial charge in [-0.15, -0.1) is 4.40 Å². The SMILES string of the molecule is CCN(CC)S(=O)(=O)N=COOC. The first-order valence-electron chi connectivity index (χ1n) is 3.81. The maximum Gasteiger partial charge on any atom is 0.325 e. The lowest BCUT2D eigenvalue weighted by molar-refractivity contribution is -0.187. The second-order valence-electron chi connectivity index (χ2n) is 2.04. The van der Waals surface area contributed by atoms with Crippen molar-refractivity contribution in [3.63, 3.8) is 0 Å². The van der Waals surface area contributed by atoms with Gasteiger partial charge in [0.05, 0.1) is 7.11 Å². The summed E-state index contributed by atoms with van der Waals surface area (Å²) >= 11 is 0. The second-order valence-corrected chi connectivity index (χ2v) is 3.66. The van der Waals surface area contributed by atoms with E-state index in [1.807, 2.05) is 0 Å². The molecule has 0 atom stereocenters. The third-order valence-electron chi connectivity index (χ3n) is 1.35. The Morgan fingerprint density at radius 2 is 1.92 bits per heavy atom. The Morgan fingerprint density at radius 3 is 2.31 bits per heavy atom. The lowest BCUT2D eigenvalue weighted by atomic mass is 10.7. The summed E-state index contributed by atoms with van der Waals surface area (Å²) in [5.74, 6) is 0. The number of nitrogens with zero attached hydrogens (tertiary/aromatic N) is 2. The molecule has 7 heteroatoms. The van der Waals surface area contributed by atoms with E-state index < -0.39 is 10.2 Å². The molecule has 0 aliphatic rings. The molecule has 0 aromatic carbocycles. The smallest absolute Gasteiger partial charge is 0.325 e. The van der Waals surface area contributed by atoms with E-state index in [-0.39, 0.29) is 0 Å². The van der Waals surface area contributed by atoms with E-state index in [1.54, 1.807) is 13.8 Å². The zero-order valence-electron chi connectivity index (χ0n) is 7.93. The molecule has 0 heterocycles. The van der Waals surface area contributed by atoms with Crippen molar-refractivity contribution >= 4 is 16.6 Å². The van der Waals surface area contributed by atoms with Gasteiger partial charge in [-0.3, -0.25) is 0 Å². The summed E-state index contributed by atoms with van der Waals surface area (Å²) in [5.41, 5.74) is 0. The van der Waals surface area contributed by atoms with Crippen LogP contribution in [0.5, 0.6) is 0 Å². The predicted octanol–water partition coefficient (Wildman–Crippen LogP) is 0.179. The van der Waals surface area contributed by atoms with Crippen LogP contribution in [0.3, 0.4) is 0 Å². The van der Waals surface area contributed by atoms with Gasteiger partial charge in [0.2, 0.25) is 6.40 Å². The van der Waals surface area contributed by atoms with E-state index in [9.17, 15) is 8.42 Å². The fourth-order valence-electron chi connectivity index (χ4n) is 0.732. The number of rotatable bonds is 6. The molecule has 0 radical (unpaired) electrons. The maximum atomic E-state index is 11.3. The standard InChI is InChI=1S/C6H14N2O4S/c1-4-8(5-2)13(9,10)7-6-12-11-3/h6H,4-5H2,1-3H3. The summed E-state index contributed by atoms with van der Waals surface area (Å²) in [6.45, 7) is 4.22. The van der Waals surface area contributed by atoms with Crippen molar-refractivity contribution in [2.45, 2.75) is 13.8 Å². The van der Waals surface area contributed by atoms with Gasteiger partial charge >= 0.3 is 10.2 Å². The van der Waals surface area contributed by atoms with Crippen LogP contribution in [-0.2, 0) is 20.0 Å². The van der Waals surface area contributed by atoms with Gasteiger partial charge in [-0.05, 0) is 0 Å². The Kier molecular flexibility index (Phi) is 5.60. The molecule has 0 rings (SSSR count). The zero-order valence-corrected chi connectivity index (χ0v) is 8.74. The highest BCUT2D eigenvalue weighted by atomic mass is 32.2. The van der Waals surface area contributed by atoms with Crippen molar-refractivity contribution in [2.24, 2.45) is 4.40 Å². The molecule has 0 bridgehead atoms. The van der Waals surface area contributed by atoms with Gasteiger partial charge in [0, 0.05) is 13.1 Å². The highest BCUT2D eigenvalue weighted by molar-refractivity contribution is 7.87. The molecule has 0 unspecified atom stereocenters. The van der Waals surface area contributed by atoms with Gasteiger partial charge in [0.25, 0.3) is 0 Å². The molecule has 0 aliphatic carbocycles. The van der Waals surface area contributed by atoms with Crippen molar-refractivity contribution in [1.29, 1.82) is 0 Å². The average molecular weight is 210 g/mol. The van der Waals surface area contributed by atoms with Gasteiger partial charge in [-0.1, -0.05) is 13.8 Å². The van der Waals surface area contributed by atoms with Crippen LogP contribution in [0.25, 0.3) is 0 Å². The molecule has 0 saturated heterocycles. The largest absolute Gasteiger partial charge is 0.325 e. The third kappa shape index (κ3) is 4.20. The predicted molar refractivity (Wildman–Crippen MR) is 48.4 cm³/mol. The van der Waals surface area contributed by atoms with Crippen LogP contribution < -0.4 is 0 Å². The summed E-state index contributed by atoms with van der Waals surface area (Å²) in [6, 6.07) is 0. The minimum atomic E-state index is -3.60. The normalized spacial score (nSPS) is 12.6. The van der Waals surface area contributed by atoms with Crippen LogP contribution in [0.4, 0.5) is 0 Å². The van der Waals surface area contributed by atoms with E-state index in [4.69, 9.17) is 0 Å². The minimum Gasteiger partial charge on any atom is -0.325 e. The van der Waals surface area contributed by atoms with Gasteiger partial charge in [-0.25, -0.2) is 0 Å². The lowest BCUT2D eigenvalue weighted by Crippen LogP contribution is -2.28. The molecule has 13 heavy (non-hydrogen) atoms. The second kappa shape index (κ2) is 5.90. The van der Waals surface area contributed by atoms with Gasteiger partial charge in [-0.2, -0.15) is 17.6 Å². The van der Waals surface area contributed by atoms with E-state index >= 15 is 0 Å². The molecule has 0 saturated carbocycles. The molecule has 6 nitrogen and oxygen atoms in total. The van der Waals surface area contributed by atoms with E-state index in [2.05, 4.69) is 14.2 Å². The van der Waals surface area contributed by atoms with Crippen molar-refractivity contribution < 1.29 is 18.2 Å². The molecule has 0 aromatic rings. The molecule has 0 fully saturated rings. The van der Waals surface area contributed by atoms with Crippen molar-refractivity contribution in [1.82, 2.24) is 4.31 Å². The lowest BCUT2D eigenvalue weighted by Gasteiger charge is -2.13. The quantitative estimate of drug-likeness (QED) is 0.271. The highest BCUT2D eigenvalue weighted by Gasteiger charge is 2.16. The molecule has 0 aliphatic heterocycles. The first-order valence-corrected chi connectivity index (χ1v) is 5.21. The molecule has 78 valence electrons. The van der Waals surface area contributed by atoms with Crippen molar-refractivity contribution in [3.8, 4) is 0 Å². The zero-order chi connectivity index (χ0) is 10.3. The van der Waals surface area contributed by atoms with Crippen molar-refractivity contribution in [2.75, 3.05) is 20.2 Å². The molecule has 0 spiro atoms. The molecular weight excluding hydrogens is 196 g/mol. The van der Waals surface area contributed by atoms with Crippen LogP contribution in [0.1, 0.15) is 13.8 Å². The Bertz CT molecular complexity index is 245. The summed E-state index contributed by atoms with van der Waals surface area (Å²) in [6.07, 6.45) is 0.744. The van der Waals surface area contributed by atoms with Gasteiger partial charge in [0.1, 0.15) is 0 Å². The molecular formula is C6H14N2O4S. The topological polar surface area (TPSA) is 68.2 Å². The Labute approximate surface area is 78.3 Å². The summed E-state index contributed by atoms with van der Waals surface area (Å²) in [5, 5.41) is 0. The van der Waals surface area contributed by atoms with Crippen molar-refractivity contribution in [3.05, 3.63) is 0 Å². The number of hydrogen-bond donors (Lipinski definition) is 0. The average Bonchev–Trinajstić information content (AvgIpc) is 2.06.